The highest BCUT2D eigenvalue weighted by Gasteiger charge is 2.38. The number of β-amino-alcohol motifs (C(OH)–C–C–N with tert-alkyl or cyclic N) is 2. The molecule has 8 heterocycles. The molecule has 2 N–H and O–H groups in total. The predicted molar refractivity (Wildman–Crippen MR) is 265 cm³/mol. The van der Waals surface area contributed by atoms with E-state index in [2.05, 4.69) is 43.4 Å². The average molecular weight is 979 g/mol. The molecule has 14 nitrogen and oxygen atoms in total. The normalized spacial score (nSPS) is 20.9. The van der Waals surface area contributed by atoms with E-state index in [1.807, 2.05) is 59.9 Å². The Bertz CT molecular complexity index is 2470. The van der Waals surface area contributed by atoms with E-state index < -0.39 is 0 Å². The highest BCUT2D eigenvalue weighted by Crippen LogP contribution is 2.37. The molecule has 0 aliphatic carbocycles. The Morgan fingerprint density at radius 2 is 1.00 bits per heavy atom. The van der Waals surface area contributed by atoms with Crippen LogP contribution in [0.25, 0.3) is 22.1 Å². The van der Waals surface area contributed by atoms with E-state index >= 15 is 0 Å². The molecule has 4 saturated heterocycles. The third-order valence-corrected chi connectivity index (χ3v) is 15.6. The second kappa shape index (κ2) is 20.4. The van der Waals surface area contributed by atoms with Crippen molar-refractivity contribution in [3.8, 4) is 0 Å². The molecule has 352 valence electrons. The van der Waals surface area contributed by atoms with Gasteiger partial charge in [-0.25, -0.2) is 19.3 Å². The Morgan fingerprint density at radius 1 is 0.591 bits per heavy atom. The number of aryl methyl sites for hydroxylation is 2. The van der Waals surface area contributed by atoms with Crippen molar-refractivity contribution in [2.45, 2.75) is 65.5 Å². The van der Waals surface area contributed by atoms with Crippen LogP contribution in [0.2, 0.25) is 20.1 Å². The van der Waals surface area contributed by atoms with Gasteiger partial charge in [-0.3, -0.25) is 0 Å². The molecule has 0 saturated carbocycles. The number of piperidine rings is 2. The number of aliphatic hydroxyl groups is 2. The minimum atomic E-state index is -0.0856. The monoisotopic (exact) mass is 976 g/mol. The van der Waals surface area contributed by atoms with Crippen LogP contribution in [-0.4, -0.2) is 138 Å². The molecule has 18 heteroatoms. The standard InChI is InChI=1S/2C24H30Cl2N6O/c2*1-15-21-11-27-24(31-13-18(14-31)17-4-3-7-30(12-17)8-9-33)28-23(21)32(29-15)16(2)20-6-5-19(25)10-22(20)26/h2*5-6,10-11,16-18,33H,3-4,7-9,12-14H2,1-2H3/t16-,17+;16-,17-/m11/s1. The number of likely N-dealkylation sites (tertiary alicyclic amines) is 2. The molecule has 4 fully saturated rings. The number of hydrogen-bond donors (Lipinski definition) is 2. The fraction of sp³-hybridized carbons (Fsp3) is 0.542. The van der Waals surface area contributed by atoms with Crippen molar-refractivity contribution in [2.75, 3.05) is 88.5 Å². The first kappa shape index (κ1) is 47.2. The molecular formula is C48H60Cl4N12O2. The van der Waals surface area contributed by atoms with Crippen LogP contribution in [0.1, 0.15) is 74.1 Å². The summed E-state index contributed by atoms with van der Waals surface area (Å²) in [6, 6.07) is 11.0. The van der Waals surface area contributed by atoms with Gasteiger partial charge in [0.05, 0.1) is 47.5 Å². The topological polar surface area (TPSA) is 141 Å². The van der Waals surface area contributed by atoms with Gasteiger partial charge in [0.15, 0.2) is 11.3 Å². The summed E-state index contributed by atoms with van der Waals surface area (Å²) in [7, 11) is 0. The van der Waals surface area contributed by atoms with Crippen molar-refractivity contribution in [1.29, 1.82) is 0 Å². The first-order valence-electron chi connectivity index (χ1n) is 23.4. The molecule has 0 unspecified atom stereocenters. The molecule has 10 rings (SSSR count). The summed E-state index contributed by atoms with van der Waals surface area (Å²) in [5.41, 5.74) is 5.37. The van der Waals surface area contributed by atoms with E-state index in [-0.39, 0.29) is 25.3 Å². The summed E-state index contributed by atoms with van der Waals surface area (Å²) in [4.78, 5) is 28.5. The number of nitrogens with zero attached hydrogens (tertiary/aromatic N) is 12. The van der Waals surface area contributed by atoms with Crippen molar-refractivity contribution in [2.24, 2.45) is 23.7 Å². The molecule has 4 aliphatic rings. The van der Waals surface area contributed by atoms with E-state index in [0.29, 0.717) is 43.8 Å². The van der Waals surface area contributed by atoms with Crippen molar-refractivity contribution in [1.82, 2.24) is 49.3 Å². The van der Waals surface area contributed by atoms with Gasteiger partial charge in [0.1, 0.15) is 0 Å². The van der Waals surface area contributed by atoms with Crippen LogP contribution in [0.3, 0.4) is 0 Å². The largest absolute Gasteiger partial charge is 0.395 e. The minimum absolute atomic E-state index is 0.0856. The highest BCUT2D eigenvalue weighted by atomic mass is 35.5. The molecule has 66 heavy (non-hydrogen) atoms. The van der Waals surface area contributed by atoms with Gasteiger partial charge < -0.3 is 29.8 Å². The van der Waals surface area contributed by atoms with Crippen molar-refractivity contribution >= 4 is 80.4 Å². The predicted octanol–water partition coefficient (Wildman–Crippen LogP) is 8.38. The van der Waals surface area contributed by atoms with Crippen LogP contribution in [-0.2, 0) is 0 Å². The van der Waals surface area contributed by atoms with E-state index in [0.717, 1.165) is 122 Å². The fourth-order valence-electron chi connectivity index (χ4n) is 10.5. The van der Waals surface area contributed by atoms with Crippen molar-refractivity contribution in [3.63, 3.8) is 0 Å². The molecule has 0 amide bonds. The maximum Gasteiger partial charge on any atom is 0.227 e. The Labute approximate surface area is 406 Å². The number of anilines is 2. The summed E-state index contributed by atoms with van der Waals surface area (Å²) >= 11 is 25.1. The third kappa shape index (κ3) is 9.85. The lowest BCUT2D eigenvalue weighted by atomic mass is 9.81. The lowest BCUT2D eigenvalue weighted by Crippen LogP contribution is -2.54. The van der Waals surface area contributed by atoms with Crippen LogP contribution in [0.4, 0.5) is 11.9 Å². The maximum atomic E-state index is 9.27. The Balaban J connectivity index is 0.000000166. The van der Waals surface area contributed by atoms with Crippen molar-refractivity contribution < 1.29 is 10.2 Å². The zero-order valence-electron chi connectivity index (χ0n) is 38.2. The van der Waals surface area contributed by atoms with E-state index in [1.165, 1.54) is 25.7 Å². The van der Waals surface area contributed by atoms with Gasteiger partial charge >= 0.3 is 0 Å². The quantitative estimate of drug-likeness (QED) is 0.122. The zero-order chi connectivity index (χ0) is 46.2. The minimum Gasteiger partial charge on any atom is -0.395 e. The van der Waals surface area contributed by atoms with Gasteiger partial charge in [-0.05, 0) is 126 Å². The van der Waals surface area contributed by atoms with Crippen LogP contribution in [0.5, 0.6) is 0 Å². The van der Waals surface area contributed by atoms with Gasteiger partial charge in [-0.15, -0.1) is 0 Å². The Morgan fingerprint density at radius 3 is 1.38 bits per heavy atom. The lowest BCUT2D eigenvalue weighted by Gasteiger charge is -2.46. The molecule has 6 aromatic rings. The van der Waals surface area contributed by atoms with Crippen LogP contribution >= 0.6 is 46.4 Å². The zero-order valence-corrected chi connectivity index (χ0v) is 41.2. The number of hydrogen-bond acceptors (Lipinski definition) is 12. The van der Waals surface area contributed by atoms with Gasteiger partial charge in [0.25, 0.3) is 0 Å². The summed E-state index contributed by atoms with van der Waals surface area (Å²) < 4.78 is 3.88. The lowest BCUT2D eigenvalue weighted by molar-refractivity contribution is 0.101. The first-order valence-corrected chi connectivity index (χ1v) is 24.9. The Kier molecular flexibility index (Phi) is 14.6. The molecular weight excluding hydrogens is 918 g/mol. The van der Waals surface area contributed by atoms with E-state index in [1.54, 1.807) is 12.1 Å². The summed E-state index contributed by atoms with van der Waals surface area (Å²) in [5.74, 6) is 4.21. The number of aromatic nitrogens is 8. The molecule has 0 radical (unpaired) electrons. The maximum absolute atomic E-state index is 9.27. The highest BCUT2D eigenvalue weighted by molar-refractivity contribution is 6.35. The van der Waals surface area contributed by atoms with Gasteiger partial charge in [-0.1, -0.05) is 58.5 Å². The molecule has 4 aromatic heterocycles. The van der Waals surface area contributed by atoms with Crippen LogP contribution in [0, 0.1) is 37.5 Å². The second-order valence-corrected chi connectivity index (χ2v) is 20.4. The van der Waals surface area contributed by atoms with Crippen molar-refractivity contribution in [3.05, 3.63) is 91.4 Å². The number of aliphatic hydroxyl groups excluding tert-OH is 2. The summed E-state index contributed by atoms with van der Waals surface area (Å²) in [6.45, 7) is 18.5. The average Bonchev–Trinajstić information content (AvgIpc) is 3.78. The van der Waals surface area contributed by atoms with Gasteiger partial charge in [-0.2, -0.15) is 20.2 Å². The van der Waals surface area contributed by atoms with Gasteiger partial charge in [0.2, 0.25) is 11.9 Å². The number of fused-ring (bicyclic) bond motifs is 2. The molecule has 2 aromatic carbocycles. The smallest absolute Gasteiger partial charge is 0.227 e. The molecule has 4 atom stereocenters. The second-order valence-electron chi connectivity index (χ2n) is 18.7. The van der Waals surface area contributed by atoms with Crippen LogP contribution in [0.15, 0.2) is 48.8 Å². The molecule has 4 aliphatic heterocycles. The summed E-state index contributed by atoms with van der Waals surface area (Å²) in [6.07, 6.45) is 8.75. The summed E-state index contributed by atoms with van der Waals surface area (Å²) in [5, 5.41) is 32.5. The number of rotatable bonds is 12. The van der Waals surface area contributed by atoms with Crippen LogP contribution < -0.4 is 9.80 Å². The molecule has 0 bridgehead atoms. The Hall–Kier alpha value is -3.86. The van der Waals surface area contributed by atoms with E-state index in [4.69, 9.17) is 66.6 Å². The number of benzene rings is 2. The first-order chi connectivity index (χ1) is 31.9. The fourth-order valence-corrected chi connectivity index (χ4v) is 11.6. The van der Waals surface area contributed by atoms with Gasteiger partial charge in [0, 0.05) is 84.8 Å². The van der Waals surface area contributed by atoms with E-state index in [9.17, 15) is 10.2 Å². The third-order valence-electron chi connectivity index (χ3n) is 14.4. The molecule has 0 spiro atoms. The SMILES string of the molecule is Cc1nn([C@H](C)c2ccc(Cl)cc2Cl)c2nc(N3CC([C@@H]4CCCN(CCO)C4)C3)ncc12.Cc1nn([C@H](C)c2ccc(Cl)cc2Cl)c2nc(N3CC([C@H]4CCCN(CCO)C4)C3)ncc12. The number of halogens is 4.